The monoisotopic (exact) mass is 210 g/mol. The molecule has 1 fully saturated rings. The lowest BCUT2D eigenvalue weighted by Crippen LogP contribution is -2.45. The van der Waals surface area contributed by atoms with E-state index in [1.807, 2.05) is 6.07 Å². The minimum Gasteiger partial charge on any atom is -0.360 e. The first kappa shape index (κ1) is 12.0. The molecule has 0 saturated carbocycles. The average Bonchev–Trinajstić information content (AvgIpc) is 2.29. The molecule has 4 heteroatoms. The Morgan fingerprint density at radius 3 is 3.07 bits per heavy atom. The van der Waals surface area contributed by atoms with Crippen molar-refractivity contribution in [3.05, 3.63) is 0 Å². The van der Waals surface area contributed by atoms with Gasteiger partial charge in [0.05, 0.1) is 19.2 Å². The van der Waals surface area contributed by atoms with Gasteiger partial charge in [-0.3, -0.25) is 4.79 Å². The summed E-state index contributed by atoms with van der Waals surface area (Å²) in [5.74, 6) is 0.159. The molecule has 1 heterocycles. The molecule has 0 spiro atoms. The van der Waals surface area contributed by atoms with Crippen LogP contribution in [0.2, 0.25) is 0 Å². The van der Waals surface area contributed by atoms with Gasteiger partial charge >= 0.3 is 0 Å². The van der Waals surface area contributed by atoms with E-state index in [4.69, 9.17) is 10.00 Å². The minimum atomic E-state index is -0.436. The number of unbranched alkanes of at least 4 members (excludes halogenated alkanes) is 2. The van der Waals surface area contributed by atoms with Crippen LogP contribution in [-0.4, -0.2) is 36.6 Å². The van der Waals surface area contributed by atoms with Gasteiger partial charge in [0.1, 0.15) is 0 Å². The number of ether oxygens (including phenoxy) is 1. The van der Waals surface area contributed by atoms with Gasteiger partial charge < -0.3 is 9.64 Å². The van der Waals surface area contributed by atoms with E-state index in [1.165, 1.54) is 0 Å². The van der Waals surface area contributed by atoms with Crippen LogP contribution < -0.4 is 0 Å². The third-order valence-corrected chi connectivity index (χ3v) is 2.56. The molecule has 1 amide bonds. The van der Waals surface area contributed by atoms with Crippen molar-refractivity contribution in [2.24, 2.45) is 0 Å². The molecule has 1 saturated heterocycles. The zero-order valence-electron chi connectivity index (χ0n) is 9.24. The van der Waals surface area contributed by atoms with Crippen LogP contribution in [0.1, 0.15) is 32.6 Å². The first-order valence-electron chi connectivity index (χ1n) is 5.57. The Labute approximate surface area is 90.8 Å². The Bertz CT molecular complexity index is 247. The summed E-state index contributed by atoms with van der Waals surface area (Å²) in [7, 11) is 0. The zero-order valence-corrected chi connectivity index (χ0v) is 9.24. The van der Waals surface area contributed by atoms with Crippen LogP contribution in [0, 0.1) is 11.3 Å². The molecule has 15 heavy (non-hydrogen) atoms. The van der Waals surface area contributed by atoms with Crippen molar-refractivity contribution >= 4 is 5.91 Å². The molecular weight excluding hydrogens is 192 g/mol. The fourth-order valence-electron chi connectivity index (χ4n) is 1.64. The van der Waals surface area contributed by atoms with Crippen molar-refractivity contribution in [3.63, 3.8) is 0 Å². The van der Waals surface area contributed by atoms with Gasteiger partial charge in [-0.15, -0.1) is 0 Å². The number of nitriles is 1. The molecule has 4 nitrogen and oxygen atoms in total. The van der Waals surface area contributed by atoms with Crippen LogP contribution in [0.15, 0.2) is 0 Å². The molecule has 0 bridgehead atoms. The fourth-order valence-corrected chi connectivity index (χ4v) is 1.64. The van der Waals surface area contributed by atoms with Gasteiger partial charge in [0.15, 0.2) is 6.10 Å². The SMILES string of the molecule is CCCCCC(=O)N1CCOC(C#N)C1. The Hall–Kier alpha value is -1.08. The van der Waals surface area contributed by atoms with Gasteiger partial charge in [-0.1, -0.05) is 19.8 Å². The summed E-state index contributed by atoms with van der Waals surface area (Å²) < 4.78 is 5.18. The Kier molecular flexibility index (Phi) is 5.13. The quantitative estimate of drug-likeness (QED) is 0.657. The molecule has 84 valence electrons. The smallest absolute Gasteiger partial charge is 0.222 e. The van der Waals surface area contributed by atoms with Crippen LogP contribution in [0.3, 0.4) is 0 Å². The number of rotatable bonds is 4. The molecule has 0 radical (unpaired) electrons. The highest BCUT2D eigenvalue weighted by atomic mass is 16.5. The lowest BCUT2D eigenvalue weighted by atomic mass is 10.2. The predicted octanol–water partition coefficient (Wildman–Crippen LogP) is 1.32. The highest BCUT2D eigenvalue weighted by Gasteiger charge is 2.23. The van der Waals surface area contributed by atoms with E-state index in [-0.39, 0.29) is 5.91 Å². The van der Waals surface area contributed by atoms with Gasteiger partial charge in [-0.2, -0.15) is 5.26 Å². The summed E-state index contributed by atoms with van der Waals surface area (Å²) in [6.45, 7) is 3.66. The second-order valence-electron chi connectivity index (χ2n) is 3.79. The van der Waals surface area contributed by atoms with Crippen LogP contribution in [0.5, 0.6) is 0 Å². The highest BCUT2D eigenvalue weighted by molar-refractivity contribution is 5.76. The highest BCUT2D eigenvalue weighted by Crippen LogP contribution is 2.08. The standard InChI is InChI=1S/C11H18N2O2/c1-2-3-4-5-11(14)13-6-7-15-10(8-12)9-13/h10H,2-7,9H2,1H3. The number of nitrogens with zero attached hydrogens (tertiary/aromatic N) is 2. The maximum Gasteiger partial charge on any atom is 0.222 e. The summed E-state index contributed by atoms with van der Waals surface area (Å²) in [4.78, 5) is 13.4. The van der Waals surface area contributed by atoms with Gasteiger partial charge in [0.25, 0.3) is 0 Å². The van der Waals surface area contributed by atoms with Crippen molar-refractivity contribution in [3.8, 4) is 6.07 Å². The molecule has 1 aliphatic heterocycles. The molecule has 1 atom stereocenters. The van der Waals surface area contributed by atoms with E-state index in [2.05, 4.69) is 6.92 Å². The van der Waals surface area contributed by atoms with E-state index < -0.39 is 6.10 Å². The minimum absolute atomic E-state index is 0.159. The molecule has 0 aromatic heterocycles. The second kappa shape index (κ2) is 6.41. The normalized spacial score (nSPS) is 21.1. The topological polar surface area (TPSA) is 53.3 Å². The summed E-state index contributed by atoms with van der Waals surface area (Å²) in [6, 6.07) is 2.04. The summed E-state index contributed by atoms with van der Waals surface area (Å²) in [5.41, 5.74) is 0. The fraction of sp³-hybridized carbons (Fsp3) is 0.818. The number of carbonyl (C=O) groups is 1. The van der Waals surface area contributed by atoms with E-state index in [0.717, 1.165) is 19.3 Å². The van der Waals surface area contributed by atoms with Crippen LogP contribution in [0.4, 0.5) is 0 Å². The molecular formula is C11H18N2O2. The van der Waals surface area contributed by atoms with Crippen molar-refractivity contribution < 1.29 is 9.53 Å². The number of amides is 1. The summed E-state index contributed by atoms with van der Waals surface area (Å²) >= 11 is 0. The van der Waals surface area contributed by atoms with Crippen LogP contribution >= 0.6 is 0 Å². The molecule has 0 N–H and O–H groups in total. The van der Waals surface area contributed by atoms with Gasteiger partial charge in [0.2, 0.25) is 5.91 Å². The van der Waals surface area contributed by atoms with Gasteiger partial charge in [0, 0.05) is 13.0 Å². The number of hydrogen-bond donors (Lipinski definition) is 0. The summed E-state index contributed by atoms with van der Waals surface area (Å²) in [5, 5.41) is 8.69. The zero-order chi connectivity index (χ0) is 11.1. The average molecular weight is 210 g/mol. The first-order chi connectivity index (χ1) is 7.27. The van der Waals surface area contributed by atoms with Crippen molar-refractivity contribution in [2.45, 2.75) is 38.7 Å². The van der Waals surface area contributed by atoms with E-state index in [9.17, 15) is 4.79 Å². The maximum absolute atomic E-state index is 11.7. The Morgan fingerprint density at radius 2 is 2.40 bits per heavy atom. The molecule has 1 aliphatic rings. The van der Waals surface area contributed by atoms with E-state index >= 15 is 0 Å². The molecule has 1 rings (SSSR count). The molecule has 0 aromatic carbocycles. The third-order valence-electron chi connectivity index (χ3n) is 2.56. The first-order valence-corrected chi connectivity index (χ1v) is 5.57. The number of carbonyl (C=O) groups excluding carboxylic acids is 1. The summed E-state index contributed by atoms with van der Waals surface area (Å²) in [6.07, 6.45) is 3.33. The molecule has 1 unspecified atom stereocenters. The van der Waals surface area contributed by atoms with Crippen LogP contribution in [0.25, 0.3) is 0 Å². The van der Waals surface area contributed by atoms with E-state index in [1.54, 1.807) is 4.90 Å². The van der Waals surface area contributed by atoms with Crippen molar-refractivity contribution in [1.29, 1.82) is 5.26 Å². The van der Waals surface area contributed by atoms with Crippen molar-refractivity contribution in [2.75, 3.05) is 19.7 Å². The number of hydrogen-bond acceptors (Lipinski definition) is 3. The van der Waals surface area contributed by atoms with Gasteiger partial charge in [-0.25, -0.2) is 0 Å². The number of morpholine rings is 1. The second-order valence-corrected chi connectivity index (χ2v) is 3.79. The Balaban J connectivity index is 2.29. The lowest BCUT2D eigenvalue weighted by molar-refractivity contribution is -0.137. The Morgan fingerprint density at radius 1 is 1.60 bits per heavy atom. The molecule has 0 aliphatic carbocycles. The maximum atomic E-state index is 11.7. The lowest BCUT2D eigenvalue weighted by Gasteiger charge is -2.29. The van der Waals surface area contributed by atoms with Crippen molar-refractivity contribution in [1.82, 2.24) is 4.90 Å². The third kappa shape index (κ3) is 3.88. The van der Waals surface area contributed by atoms with Crippen LogP contribution in [-0.2, 0) is 9.53 Å². The van der Waals surface area contributed by atoms with Gasteiger partial charge in [-0.05, 0) is 6.42 Å². The predicted molar refractivity (Wildman–Crippen MR) is 56.1 cm³/mol. The van der Waals surface area contributed by atoms with E-state index in [0.29, 0.717) is 26.1 Å². The molecule has 0 aromatic rings. The largest absolute Gasteiger partial charge is 0.360 e.